The highest BCUT2D eigenvalue weighted by atomic mass is 16.5. The quantitative estimate of drug-likeness (QED) is 0.240. The monoisotopic (exact) mass is 496 g/mol. The van der Waals surface area contributed by atoms with Crippen molar-refractivity contribution in [2.24, 2.45) is 56.7 Å². The Labute approximate surface area is 218 Å². The van der Waals surface area contributed by atoms with Gasteiger partial charge in [0, 0.05) is 24.2 Å². The summed E-state index contributed by atoms with van der Waals surface area (Å²) in [6.07, 6.45) is 11.7. The van der Waals surface area contributed by atoms with Crippen molar-refractivity contribution in [1.82, 2.24) is 0 Å². The number of hydrogen-bond donors (Lipinski definition) is 0. The highest BCUT2D eigenvalue weighted by Crippen LogP contribution is 2.77. The topological polar surface area (TPSA) is 60.4 Å². The predicted molar refractivity (Wildman–Crippen MR) is 141 cm³/mol. The number of carbonyl (C=O) groups is 3. The van der Waals surface area contributed by atoms with Crippen LogP contribution in [-0.2, 0) is 19.1 Å². The first kappa shape index (κ1) is 26.2. The predicted octanol–water partition coefficient (Wildman–Crippen LogP) is 6.96. The van der Waals surface area contributed by atoms with Gasteiger partial charge in [-0.05, 0) is 109 Å². The van der Waals surface area contributed by atoms with Gasteiger partial charge in [-0.25, -0.2) is 0 Å². The Kier molecular flexibility index (Phi) is 6.01. The van der Waals surface area contributed by atoms with E-state index < -0.39 is 0 Å². The highest BCUT2D eigenvalue weighted by Gasteiger charge is 2.71. The fourth-order valence-corrected chi connectivity index (χ4v) is 11.4. The summed E-state index contributed by atoms with van der Waals surface area (Å²) in [4.78, 5) is 37.2. The maximum absolute atomic E-state index is 13.0. The molecule has 0 radical (unpaired) electrons. The summed E-state index contributed by atoms with van der Waals surface area (Å²) in [5, 5.41) is 0. The highest BCUT2D eigenvalue weighted by molar-refractivity contribution is 5.85. The lowest BCUT2D eigenvalue weighted by molar-refractivity contribution is -0.231. The second-order valence-electron chi connectivity index (χ2n) is 14.8. The average molecular weight is 497 g/mol. The van der Waals surface area contributed by atoms with Crippen molar-refractivity contribution in [3.63, 3.8) is 0 Å². The largest absolute Gasteiger partial charge is 0.461 e. The zero-order valence-electron chi connectivity index (χ0n) is 23.6. The van der Waals surface area contributed by atoms with Crippen LogP contribution < -0.4 is 0 Å². The second-order valence-corrected chi connectivity index (χ2v) is 14.8. The minimum absolute atomic E-state index is 0.164. The van der Waals surface area contributed by atoms with Gasteiger partial charge in [0.15, 0.2) is 0 Å². The number of ketones is 1. The number of aldehydes is 1. The summed E-state index contributed by atoms with van der Waals surface area (Å²) in [5.74, 6) is 2.30. The number of hydrogen-bond acceptors (Lipinski definition) is 4. The minimum Gasteiger partial charge on any atom is -0.461 e. The van der Waals surface area contributed by atoms with Gasteiger partial charge in [-0.3, -0.25) is 9.59 Å². The molecule has 0 aromatic heterocycles. The number of esters is 1. The van der Waals surface area contributed by atoms with E-state index in [1.807, 2.05) is 0 Å². The molecule has 200 valence electrons. The van der Waals surface area contributed by atoms with E-state index in [2.05, 4.69) is 41.2 Å². The Bertz CT molecular complexity index is 981. The summed E-state index contributed by atoms with van der Waals surface area (Å²) >= 11 is 0. The third-order valence-corrected chi connectivity index (χ3v) is 13.5. The molecular formula is C32H48O4. The van der Waals surface area contributed by atoms with E-state index in [0.29, 0.717) is 29.5 Å². The molecule has 36 heavy (non-hydrogen) atoms. The van der Waals surface area contributed by atoms with Crippen LogP contribution in [0.1, 0.15) is 106 Å². The zero-order valence-corrected chi connectivity index (χ0v) is 23.6. The summed E-state index contributed by atoms with van der Waals surface area (Å²) in [5.41, 5.74) is 1.09. The van der Waals surface area contributed by atoms with Gasteiger partial charge < -0.3 is 9.53 Å². The Morgan fingerprint density at radius 1 is 0.944 bits per heavy atom. The van der Waals surface area contributed by atoms with Crippen LogP contribution in [0, 0.1) is 56.7 Å². The van der Waals surface area contributed by atoms with E-state index in [1.165, 1.54) is 26.1 Å². The molecule has 0 saturated heterocycles. The van der Waals surface area contributed by atoms with Crippen LogP contribution in [0.15, 0.2) is 12.2 Å². The van der Waals surface area contributed by atoms with E-state index in [0.717, 1.165) is 56.9 Å². The van der Waals surface area contributed by atoms with E-state index in [9.17, 15) is 14.4 Å². The van der Waals surface area contributed by atoms with Crippen LogP contribution >= 0.6 is 0 Å². The number of fused-ring (bicyclic) bond motifs is 7. The summed E-state index contributed by atoms with van der Waals surface area (Å²) in [7, 11) is 0. The fourth-order valence-electron chi connectivity index (χ4n) is 11.4. The Morgan fingerprint density at radius 2 is 1.67 bits per heavy atom. The maximum Gasteiger partial charge on any atom is 0.302 e. The lowest BCUT2D eigenvalue weighted by Gasteiger charge is -2.72. The van der Waals surface area contributed by atoms with Crippen LogP contribution in [0.4, 0.5) is 0 Å². The first-order valence-corrected chi connectivity index (χ1v) is 14.6. The van der Waals surface area contributed by atoms with Gasteiger partial charge in [-0.15, -0.1) is 0 Å². The molecule has 0 spiro atoms. The zero-order chi connectivity index (χ0) is 26.3. The number of Topliss-reactive ketones (excluding diaryl/α,β-unsaturated/α-hetero) is 1. The van der Waals surface area contributed by atoms with Gasteiger partial charge in [0.05, 0.1) is 0 Å². The molecule has 5 aliphatic rings. The molecule has 5 aliphatic carbocycles. The summed E-state index contributed by atoms with van der Waals surface area (Å²) < 4.78 is 5.38. The molecule has 0 unspecified atom stereocenters. The van der Waals surface area contributed by atoms with E-state index in [-0.39, 0.29) is 45.6 Å². The lowest BCUT2D eigenvalue weighted by atomic mass is 9.32. The van der Waals surface area contributed by atoms with Crippen LogP contribution in [0.25, 0.3) is 0 Å². The first-order chi connectivity index (χ1) is 16.8. The molecule has 0 aliphatic heterocycles. The van der Waals surface area contributed by atoms with E-state index in [4.69, 9.17) is 4.74 Å². The van der Waals surface area contributed by atoms with Crippen LogP contribution in [0.3, 0.4) is 0 Å². The Hall–Kier alpha value is -1.45. The van der Waals surface area contributed by atoms with Gasteiger partial charge in [0.2, 0.25) is 0 Å². The van der Waals surface area contributed by atoms with Crippen LogP contribution in [-0.4, -0.2) is 24.6 Å². The number of ether oxygens (including phenoxy) is 1. The third kappa shape index (κ3) is 3.27. The van der Waals surface area contributed by atoms with Crippen LogP contribution in [0.2, 0.25) is 0 Å². The standard InChI is InChI=1S/C32H48O4/c1-20(18-36-21(2)34)22-10-15-32(19-33)17-16-30(6)23(27(22)32)8-9-25-29(5)13-12-26(35)28(3,4)24(29)11-14-31(25,30)7/h19,22-25,27H,1,8-18H2,2-7H3/t22-,23+,24-,25+,27+,29-,30+,31+,32+/m0/s1. The summed E-state index contributed by atoms with van der Waals surface area (Å²) in [6, 6.07) is 0. The third-order valence-electron chi connectivity index (χ3n) is 13.5. The SMILES string of the molecule is C=C(COC(C)=O)[C@@H]1CC[C@]2(C=O)CC[C@]3(C)[C@H](CC[C@@H]4[C@@]5(C)CCC(=O)C(C)(C)[C@@H]5CC[C@]43C)[C@@H]12. The molecule has 5 saturated carbocycles. The van der Waals surface area contributed by atoms with Crippen molar-refractivity contribution in [3.05, 3.63) is 12.2 Å². The normalized spacial score (nSPS) is 49.2. The van der Waals surface area contributed by atoms with Gasteiger partial charge in [-0.2, -0.15) is 0 Å². The van der Waals surface area contributed by atoms with Crippen molar-refractivity contribution < 1.29 is 19.1 Å². The molecule has 0 amide bonds. The smallest absolute Gasteiger partial charge is 0.302 e. The molecule has 0 heterocycles. The average Bonchev–Trinajstić information content (AvgIpc) is 3.21. The van der Waals surface area contributed by atoms with Crippen molar-refractivity contribution in [2.75, 3.05) is 6.61 Å². The second kappa shape index (κ2) is 8.27. The molecule has 0 bridgehead atoms. The molecule has 4 heteroatoms. The summed E-state index contributed by atoms with van der Waals surface area (Å²) in [6.45, 7) is 18.2. The number of rotatable bonds is 4. The van der Waals surface area contributed by atoms with Gasteiger partial charge in [0.1, 0.15) is 18.7 Å². The molecule has 5 rings (SSSR count). The number of carbonyl (C=O) groups excluding carboxylic acids is 3. The van der Waals surface area contributed by atoms with Crippen molar-refractivity contribution in [3.8, 4) is 0 Å². The molecule has 0 N–H and O–H groups in total. The molecule has 5 fully saturated rings. The van der Waals surface area contributed by atoms with Gasteiger partial charge in [-0.1, -0.05) is 41.2 Å². The molecule has 4 nitrogen and oxygen atoms in total. The van der Waals surface area contributed by atoms with Crippen molar-refractivity contribution >= 4 is 18.0 Å². The maximum atomic E-state index is 13.0. The molecule has 0 aromatic rings. The Balaban J connectivity index is 1.51. The van der Waals surface area contributed by atoms with Crippen LogP contribution in [0.5, 0.6) is 0 Å². The van der Waals surface area contributed by atoms with Crippen molar-refractivity contribution in [1.29, 1.82) is 0 Å². The first-order valence-electron chi connectivity index (χ1n) is 14.6. The van der Waals surface area contributed by atoms with E-state index >= 15 is 0 Å². The Morgan fingerprint density at radius 3 is 2.33 bits per heavy atom. The minimum atomic E-state index is -0.267. The van der Waals surface area contributed by atoms with Gasteiger partial charge >= 0.3 is 5.97 Å². The lowest BCUT2D eigenvalue weighted by Crippen LogP contribution is -2.66. The van der Waals surface area contributed by atoms with Gasteiger partial charge in [0.25, 0.3) is 0 Å². The van der Waals surface area contributed by atoms with E-state index in [1.54, 1.807) is 0 Å². The fraction of sp³-hybridized carbons (Fsp3) is 0.844. The molecule has 0 aromatic carbocycles. The molecule has 9 atom stereocenters. The molecular weight excluding hydrogens is 448 g/mol. The van der Waals surface area contributed by atoms with Crippen molar-refractivity contribution in [2.45, 2.75) is 106 Å².